The van der Waals surface area contributed by atoms with Crippen molar-refractivity contribution in [1.82, 2.24) is 15.5 Å². The highest BCUT2D eigenvalue weighted by molar-refractivity contribution is 5.88. The Morgan fingerprint density at radius 3 is 2.75 bits per heavy atom. The minimum Gasteiger partial charge on any atom is -0.491 e. The third-order valence-electron chi connectivity index (χ3n) is 5.08. The van der Waals surface area contributed by atoms with Gasteiger partial charge in [0.25, 0.3) is 0 Å². The Morgan fingerprint density at radius 2 is 1.88 bits per heavy atom. The molecule has 2 heterocycles. The van der Waals surface area contributed by atoms with Crippen LogP contribution in [-0.2, 0) is 0 Å². The van der Waals surface area contributed by atoms with E-state index in [2.05, 4.69) is 28.8 Å². The smallest absolute Gasteiger partial charge is 0.318 e. The van der Waals surface area contributed by atoms with Crippen molar-refractivity contribution in [3.05, 3.63) is 42.5 Å². The summed E-state index contributed by atoms with van der Waals surface area (Å²) in [6.07, 6.45) is 2.00. The number of nitrogens with zero attached hydrogens (tertiary/aromatic N) is 1. The summed E-state index contributed by atoms with van der Waals surface area (Å²) in [7, 11) is 0. The maximum Gasteiger partial charge on any atom is 0.318 e. The van der Waals surface area contributed by atoms with Crippen molar-refractivity contribution in [2.45, 2.75) is 18.4 Å². The summed E-state index contributed by atoms with van der Waals surface area (Å²) >= 11 is 0. The zero-order valence-electron chi connectivity index (χ0n) is 13.8. The Morgan fingerprint density at radius 1 is 1.08 bits per heavy atom. The van der Waals surface area contributed by atoms with Crippen LogP contribution in [0.3, 0.4) is 0 Å². The molecule has 0 saturated carbocycles. The van der Waals surface area contributed by atoms with Gasteiger partial charge in [0.15, 0.2) is 0 Å². The number of rotatable bonds is 4. The summed E-state index contributed by atoms with van der Waals surface area (Å²) in [5.41, 5.74) is -0.0399. The van der Waals surface area contributed by atoms with E-state index in [0.29, 0.717) is 13.2 Å². The van der Waals surface area contributed by atoms with Gasteiger partial charge >= 0.3 is 6.03 Å². The fourth-order valence-corrected chi connectivity index (χ4v) is 3.74. The lowest BCUT2D eigenvalue weighted by molar-refractivity contribution is 0.200. The Hall–Kier alpha value is -2.27. The van der Waals surface area contributed by atoms with Gasteiger partial charge < -0.3 is 20.3 Å². The first kappa shape index (κ1) is 15.3. The van der Waals surface area contributed by atoms with Crippen molar-refractivity contribution < 1.29 is 9.53 Å². The van der Waals surface area contributed by atoms with Gasteiger partial charge in [0.1, 0.15) is 12.4 Å². The van der Waals surface area contributed by atoms with Gasteiger partial charge in [-0.25, -0.2) is 4.79 Å². The molecule has 2 aliphatic heterocycles. The highest BCUT2D eigenvalue weighted by Gasteiger charge is 2.42. The molecule has 5 heteroatoms. The molecular formula is C19H23N3O2. The minimum absolute atomic E-state index is 0.0399. The van der Waals surface area contributed by atoms with Crippen LogP contribution in [0.2, 0.25) is 0 Å². The fourth-order valence-electron chi connectivity index (χ4n) is 3.74. The molecule has 1 spiro atoms. The number of carbonyl (C=O) groups is 1. The molecule has 126 valence electrons. The van der Waals surface area contributed by atoms with Crippen LogP contribution in [0.1, 0.15) is 12.8 Å². The maximum absolute atomic E-state index is 12.2. The fraction of sp³-hybridized carbons (Fsp3) is 0.421. The van der Waals surface area contributed by atoms with E-state index in [-0.39, 0.29) is 11.6 Å². The Bertz CT molecular complexity index is 735. The third-order valence-corrected chi connectivity index (χ3v) is 5.08. The lowest BCUT2D eigenvalue weighted by atomic mass is 9.89. The second kappa shape index (κ2) is 6.32. The minimum atomic E-state index is -0.0399. The number of carbonyl (C=O) groups excluding carboxylic acids is 1. The van der Waals surface area contributed by atoms with Crippen LogP contribution in [0.4, 0.5) is 4.79 Å². The Balaban J connectivity index is 1.38. The molecule has 4 rings (SSSR count). The van der Waals surface area contributed by atoms with Gasteiger partial charge in [-0.1, -0.05) is 36.4 Å². The van der Waals surface area contributed by atoms with Crippen molar-refractivity contribution in [2.75, 3.05) is 32.8 Å². The van der Waals surface area contributed by atoms with Crippen molar-refractivity contribution in [2.24, 2.45) is 0 Å². The Kier molecular flexibility index (Phi) is 4.02. The van der Waals surface area contributed by atoms with E-state index in [9.17, 15) is 4.79 Å². The van der Waals surface area contributed by atoms with Gasteiger partial charge in [-0.2, -0.15) is 0 Å². The van der Waals surface area contributed by atoms with Gasteiger partial charge in [0, 0.05) is 11.9 Å². The van der Waals surface area contributed by atoms with Crippen LogP contribution in [0.25, 0.3) is 10.8 Å². The molecule has 2 aromatic carbocycles. The van der Waals surface area contributed by atoms with E-state index in [1.54, 1.807) is 0 Å². The van der Waals surface area contributed by atoms with Crippen LogP contribution >= 0.6 is 0 Å². The molecule has 2 aliphatic rings. The molecule has 2 N–H and O–H groups in total. The molecule has 2 amide bonds. The lowest BCUT2D eigenvalue weighted by Gasteiger charge is -2.33. The molecule has 0 aromatic heterocycles. The van der Waals surface area contributed by atoms with E-state index in [0.717, 1.165) is 43.6 Å². The summed E-state index contributed by atoms with van der Waals surface area (Å²) < 4.78 is 5.97. The number of ether oxygens (including phenoxy) is 1. The first-order chi connectivity index (χ1) is 11.8. The number of benzene rings is 2. The van der Waals surface area contributed by atoms with E-state index in [1.807, 2.05) is 29.2 Å². The zero-order chi connectivity index (χ0) is 16.4. The first-order valence-electron chi connectivity index (χ1n) is 8.64. The summed E-state index contributed by atoms with van der Waals surface area (Å²) in [6.45, 7) is 3.85. The van der Waals surface area contributed by atoms with E-state index >= 15 is 0 Å². The zero-order valence-corrected chi connectivity index (χ0v) is 13.8. The van der Waals surface area contributed by atoms with E-state index in [4.69, 9.17) is 4.74 Å². The quantitative estimate of drug-likeness (QED) is 0.907. The van der Waals surface area contributed by atoms with Gasteiger partial charge in [-0.15, -0.1) is 0 Å². The molecule has 2 saturated heterocycles. The largest absolute Gasteiger partial charge is 0.491 e. The highest BCUT2D eigenvalue weighted by Crippen LogP contribution is 2.27. The SMILES string of the molecule is O=C1NC2(CCNCC2)CN1CCOc1cccc2ccccc12. The number of fused-ring (bicyclic) bond motifs is 1. The molecule has 2 fully saturated rings. The van der Waals surface area contributed by atoms with E-state index < -0.39 is 0 Å². The third kappa shape index (κ3) is 2.91. The Labute approximate surface area is 142 Å². The normalized spacial score (nSPS) is 19.7. The molecule has 0 radical (unpaired) electrons. The summed E-state index contributed by atoms with van der Waals surface area (Å²) in [5.74, 6) is 0.879. The number of piperidine rings is 1. The van der Waals surface area contributed by atoms with E-state index in [1.165, 1.54) is 5.39 Å². The van der Waals surface area contributed by atoms with Crippen LogP contribution in [0.5, 0.6) is 5.75 Å². The van der Waals surface area contributed by atoms with Gasteiger partial charge in [0.2, 0.25) is 0 Å². The van der Waals surface area contributed by atoms with Gasteiger partial charge in [-0.05, 0) is 37.4 Å². The summed E-state index contributed by atoms with van der Waals surface area (Å²) in [4.78, 5) is 14.1. The second-order valence-corrected chi connectivity index (χ2v) is 6.71. The predicted octanol–water partition coefficient (Wildman–Crippen LogP) is 2.37. The predicted molar refractivity (Wildman–Crippen MR) is 94.4 cm³/mol. The number of amides is 2. The summed E-state index contributed by atoms with van der Waals surface area (Å²) in [6, 6.07) is 14.3. The van der Waals surface area contributed by atoms with Crippen molar-refractivity contribution in [1.29, 1.82) is 0 Å². The first-order valence-corrected chi connectivity index (χ1v) is 8.64. The number of hydrogen-bond donors (Lipinski definition) is 2. The van der Waals surface area contributed by atoms with Gasteiger partial charge in [-0.3, -0.25) is 0 Å². The molecule has 5 nitrogen and oxygen atoms in total. The molecule has 0 bridgehead atoms. The van der Waals surface area contributed by atoms with Crippen molar-refractivity contribution in [3.8, 4) is 5.75 Å². The number of urea groups is 1. The molecule has 0 atom stereocenters. The van der Waals surface area contributed by atoms with Crippen LogP contribution in [-0.4, -0.2) is 49.3 Å². The standard InChI is InChI=1S/C19H23N3O2/c23-18-21-19(8-10-20-11-9-19)14-22(18)12-13-24-17-7-3-5-15-4-1-2-6-16(15)17/h1-7,20H,8-14H2,(H,21,23). The highest BCUT2D eigenvalue weighted by atomic mass is 16.5. The van der Waals surface area contributed by atoms with Crippen molar-refractivity contribution >= 4 is 16.8 Å². The van der Waals surface area contributed by atoms with Gasteiger partial charge in [0.05, 0.1) is 12.1 Å². The van der Waals surface area contributed by atoms with Crippen LogP contribution in [0, 0.1) is 0 Å². The monoisotopic (exact) mass is 325 g/mol. The summed E-state index contributed by atoms with van der Waals surface area (Å²) in [5, 5.41) is 8.82. The molecule has 2 aromatic rings. The molecule has 0 unspecified atom stereocenters. The van der Waals surface area contributed by atoms with Crippen LogP contribution < -0.4 is 15.4 Å². The van der Waals surface area contributed by atoms with Crippen molar-refractivity contribution in [3.63, 3.8) is 0 Å². The average Bonchev–Trinajstić information content (AvgIpc) is 2.91. The molecular weight excluding hydrogens is 302 g/mol. The number of nitrogens with one attached hydrogen (secondary N) is 2. The average molecular weight is 325 g/mol. The lowest BCUT2D eigenvalue weighted by Crippen LogP contribution is -2.51. The number of hydrogen-bond acceptors (Lipinski definition) is 3. The molecule has 24 heavy (non-hydrogen) atoms. The molecule has 0 aliphatic carbocycles. The topological polar surface area (TPSA) is 53.6 Å². The van der Waals surface area contributed by atoms with Crippen LogP contribution in [0.15, 0.2) is 42.5 Å². The maximum atomic E-state index is 12.2. The second-order valence-electron chi connectivity index (χ2n) is 6.71.